The molecule has 0 saturated carbocycles. The van der Waals surface area contributed by atoms with Crippen molar-refractivity contribution in [3.63, 3.8) is 0 Å². The van der Waals surface area contributed by atoms with Crippen molar-refractivity contribution in [2.24, 2.45) is 0 Å². The second kappa shape index (κ2) is 9.66. The molecule has 0 aliphatic carbocycles. The van der Waals surface area contributed by atoms with E-state index in [0.29, 0.717) is 6.54 Å². The van der Waals surface area contributed by atoms with Crippen LogP contribution in [0.25, 0.3) is 0 Å². The van der Waals surface area contributed by atoms with E-state index < -0.39 is 6.36 Å². The molecule has 1 rings (SSSR count). The van der Waals surface area contributed by atoms with E-state index >= 15 is 0 Å². The first kappa shape index (κ1) is 17.8. The molecule has 0 aromatic heterocycles. The summed E-state index contributed by atoms with van der Waals surface area (Å²) in [6, 6.07) is 6.09. The molecule has 0 unspecified atom stereocenters. The number of rotatable bonds is 10. The molecule has 21 heavy (non-hydrogen) atoms. The summed E-state index contributed by atoms with van der Waals surface area (Å²) in [6.45, 7) is 3.64. The van der Waals surface area contributed by atoms with E-state index in [0.717, 1.165) is 18.5 Å². The second-order valence-electron chi connectivity index (χ2n) is 5.14. The quantitative estimate of drug-likeness (QED) is 0.612. The van der Waals surface area contributed by atoms with Gasteiger partial charge in [0.15, 0.2) is 0 Å². The summed E-state index contributed by atoms with van der Waals surface area (Å²) in [4.78, 5) is 0. The van der Waals surface area contributed by atoms with E-state index in [-0.39, 0.29) is 5.75 Å². The van der Waals surface area contributed by atoms with Crippen LogP contribution in [0.4, 0.5) is 13.2 Å². The highest BCUT2D eigenvalue weighted by molar-refractivity contribution is 5.28. The minimum atomic E-state index is -4.63. The zero-order valence-electron chi connectivity index (χ0n) is 12.5. The maximum atomic E-state index is 12.1. The van der Waals surface area contributed by atoms with Crippen LogP contribution >= 0.6 is 0 Å². The lowest BCUT2D eigenvalue weighted by molar-refractivity contribution is -0.274. The SMILES string of the molecule is CCCCCCCCNCc1cccc(OC(F)(F)F)c1. The van der Waals surface area contributed by atoms with Crippen molar-refractivity contribution in [3.8, 4) is 5.75 Å². The standard InChI is InChI=1S/C16H24F3NO/c1-2-3-4-5-6-7-11-20-13-14-9-8-10-15(12-14)21-16(17,18)19/h8-10,12,20H,2-7,11,13H2,1H3. The van der Waals surface area contributed by atoms with Crippen LogP contribution in [0.3, 0.4) is 0 Å². The summed E-state index contributed by atoms with van der Waals surface area (Å²) in [5, 5.41) is 3.25. The summed E-state index contributed by atoms with van der Waals surface area (Å²) in [6.07, 6.45) is 2.74. The Morgan fingerprint density at radius 2 is 1.76 bits per heavy atom. The van der Waals surface area contributed by atoms with Gasteiger partial charge in [0.2, 0.25) is 0 Å². The molecule has 5 heteroatoms. The van der Waals surface area contributed by atoms with Crippen LogP contribution in [0.1, 0.15) is 51.0 Å². The Balaban J connectivity index is 2.19. The molecule has 2 nitrogen and oxygen atoms in total. The smallest absolute Gasteiger partial charge is 0.406 e. The maximum Gasteiger partial charge on any atom is 0.573 e. The Hall–Kier alpha value is -1.23. The van der Waals surface area contributed by atoms with Gasteiger partial charge in [0.05, 0.1) is 0 Å². The molecule has 0 radical (unpaired) electrons. The molecule has 0 fully saturated rings. The third kappa shape index (κ3) is 9.34. The van der Waals surface area contributed by atoms with Crippen molar-refractivity contribution in [3.05, 3.63) is 29.8 Å². The highest BCUT2D eigenvalue weighted by atomic mass is 19.4. The summed E-state index contributed by atoms with van der Waals surface area (Å²) in [7, 11) is 0. The van der Waals surface area contributed by atoms with E-state index in [1.807, 2.05) is 0 Å². The van der Waals surface area contributed by atoms with Crippen LogP contribution in [0.15, 0.2) is 24.3 Å². The highest BCUT2D eigenvalue weighted by Gasteiger charge is 2.31. The molecule has 0 amide bonds. The first-order valence-corrected chi connectivity index (χ1v) is 7.56. The number of unbranched alkanes of at least 4 members (excludes halogenated alkanes) is 5. The normalized spacial score (nSPS) is 11.6. The van der Waals surface area contributed by atoms with Gasteiger partial charge in [0.25, 0.3) is 0 Å². The number of nitrogens with one attached hydrogen (secondary N) is 1. The topological polar surface area (TPSA) is 21.3 Å². The van der Waals surface area contributed by atoms with Crippen molar-refractivity contribution in [1.29, 1.82) is 0 Å². The van der Waals surface area contributed by atoms with Gasteiger partial charge >= 0.3 is 6.36 Å². The maximum absolute atomic E-state index is 12.1. The van der Waals surface area contributed by atoms with Gasteiger partial charge in [-0.25, -0.2) is 0 Å². The van der Waals surface area contributed by atoms with Crippen molar-refractivity contribution in [2.75, 3.05) is 6.54 Å². The summed E-state index contributed by atoms with van der Waals surface area (Å²) >= 11 is 0. The van der Waals surface area contributed by atoms with Crippen molar-refractivity contribution in [2.45, 2.75) is 58.4 Å². The van der Waals surface area contributed by atoms with Crippen LogP contribution in [-0.2, 0) is 6.54 Å². The van der Waals surface area contributed by atoms with Crippen molar-refractivity contribution < 1.29 is 17.9 Å². The number of benzene rings is 1. The Morgan fingerprint density at radius 1 is 1.05 bits per heavy atom. The largest absolute Gasteiger partial charge is 0.573 e. The molecule has 0 aliphatic rings. The lowest BCUT2D eigenvalue weighted by Crippen LogP contribution is -2.18. The lowest BCUT2D eigenvalue weighted by Gasteiger charge is -2.10. The molecule has 0 saturated heterocycles. The molecule has 1 aromatic carbocycles. The molecule has 1 N–H and O–H groups in total. The van der Waals surface area contributed by atoms with E-state index in [4.69, 9.17) is 0 Å². The van der Waals surface area contributed by atoms with Gasteiger partial charge in [-0.05, 0) is 30.7 Å². The Kier molecular flexibility index (Phi) is 8.20. The molecular weight excluding hydrogens is 279 g/mol. The zero-order valence-corrected chi connectivity index (χ0v) is 12.5. The average Bonchev–Trinajstić information content (AvgIpc) is 2.40. The molecular formula is C16H24F3NO. The van der Waals surface area contributed by atoms with Gasteiger partial charge in [0.1, 0.15) is 5.75 Å². The van der Waals surface area contributed by atoms with E-state index in [9.17, 15) is 13.2 Å². The molecule has 0 aliphatic heterocycles. The van der Waals surface area contributed by atoms with Crippen LogP contribution in [-0.4, -0.2) is 12.9 Å². The third-order valence-corrected chi connectivity index (χ3v) is 3.17. The fraction of sp³-hybridized carbons (Fsp3) is 0.625. The molecule has 0 atom stereocenters. The van der Waals surface area contributed by atoms with Crippen LogP contribution < -0.4 is 10.1 Å². The molecule has 0 heterocycles. The minimum absolute atomic E-state index is 0.165. The van der Waals surface area contributed by atoms with E-state index in [2.05, 4.69) is 17.0 Å². The van der Waals surface area contributed by atoms with Gasteiger partial charge in [-0.2, -0.15) is 0 Å². The molecule has 0 spiro atoms. The van der Waals surface area contributed by atoms with Crippen LogP contribution in [0, 0.1) is 0 Å². The first-order chi connectivity index (χ1) is 10.0. The van der Waals surface area contributed by atoms with Gasteiger partial charge in [0, 0.05) is 6.54 Å². The molecule has 1 aromatic rings. The first-order valence-electron chi connectivity index (χ1n) is 7.56. The number of hydrogen-bond donors (Lipinski definition) is 1. The fourth-order valence-electron chi connectivity index (χ4n) is 2.12. The van der Waals surface area contributed by atoms with E-state index in [1.165, 1.54) is 44.2 Å². The predicted octanol–water partition coefficient (Wildman–Crippen LogP) is 5.04. The van der Waals surface area contributed by atoms with Gasteiger partial charge in [-0.1, -0.05) is 51.2 Å². The number of halogens is 3. The van der Waals surface area contributed by atoms with E-state index in [1.54, 1.807) is 12.1 Å². The predicted molar refractivity (Wildman–Crippen MR) is 78.2 cm³/mol. The van der Waals surface area contributed by atoms with Crippen LogP contribution in [0.5, 0.6) is 5.75 Å². The highest BCUT2D eigenvalue weighted by Crippen LogP contribution is 2.23. The van der Waals surface area contributed by atoms with Gasteiger partial charge in [-0.15, -0.1) is 13.2 Å². The second-order valence-corrected chi connectivity index (χ2v) is 5.14. The molecule has 0 bridgehead atoms. The Morgan fingerprint density at radius 3 is 2.48 bits per heavy atom. The average molecular weight is 303 g/mol. The Bertz CT molecular complexity index is 393. The fourth-order valence-corrected chi connectivity index (χ4v) is 2.12. The minimum Gasteiger partial charge on any atom is -0.406 e. The van der Waals surface area contributed by atoms with Gasteiger partial charge < -0.3 is 10.1 Å². The zero-order chi connectivity index (χ0) is 15.6. The third-order valence-electron chi connectivity index (χ3n) is 3.17. The molecule has 120 valence electrons. The number of ether oxygens (including phenoxy) is 1. The lowest BCUT2D eigenvalue weighted by atomic mass is 10.1. The van der Waals surface area contributed by atoms with Gasteiger partial charge in [-0.3, -0.25) is 0 Å². The number of alkyl halides is 3. The van der Waals surface area contributed by atoms with Crippen LogP contribution in [0.2, 0.25) is 0 Å². The number of hydrogen-bond acceptors (Lipinski definition) is 2. The van der Waals surface area contributed by atoms with Crippen molar-refractivity contribution >= 4 is 0 Å². The Labute approximate surface area is 124 Å². The summed E-state index contributed by atoms with van der Waals surface area (Å²) in [5.41, 5.74) is 0.794. The summed E-state index contributed by atoms with van der Waals surface area (Å²) < 4.78 is 40.2. The van der Waals surface area contributed by atoms with Crippen molar-refractivity contribution in [1.82, 2.24) is 5.32 Å². The summed E-state index contributed by atoms with van der Waals surface area (Å²) in [5.74, 6) is -0.165. The monoisotopic (exact) mass is 303 g/mol.